The van der Waals surface area contributed by atoms with Crippen LogP contribution in [-0.4, -0.2) is 62.2 Å². The maximum Gasteiger partial charge on any atom is 0.330 e. The first-order valence-electron chi connectivity index (χ1n) is 13.0. The molecule has 0 radical (unpaired) electrons. The Morgan fingerprint density at radius 3 is 2.50 bits per heavy atom. The van der Waals surface area contributed by atoms with Gasteiger partial charge in [0.2, 0.25) is 5.79 Å². The van der Waals surface area contributed by atoms with Gasteiger partial charge in [0, 0.05) is 18.4 Å². The molecule has 0 aliphatic carbocycles. The van der Waals surface area contributed by atoms with Gasteiger partial charge in [-0.15, -0.1) is 0 Å². The third-order valence-electron chi connectivity index (χ3n) is 7.75. The van der Waals surface area contributed by atoms with Crippen molar-refractivity contribution in [1.29, 1.82) is 0 Å². The van der Waals surface area contributed by atoms with E-state index in [9.17, 15) is 25.2 Å². The van der Waals surface area contributed by atoms with Crippen LogP contribution in [0.1, 0.15) is 73.6 Å². The molecule has 7 nitrogen and oxygen atoms in total. The Kier molecular flexibility index (Phi) is 10.7. The lowest BCUT2D eigenvalue weighted by Crippen LogP contribution is -2.56. The van der Waals surface area contributed by atoms with E-state index in [0.717, 1.165) is 5.57 Å². The average molecular weight is 507 g/mol. The minimum absolute atomic E-state index is 0.0922. The van der Waals surface area contributed by atoms with Gasteiger partial charge in [0.1, 0.15) is 11.7 Å². The number of esters is 1. The highest BCUT2D eigenvalue weighted by Crippen LogP contribution is 2.39. The quantitative estimate of drug-likeness (QED) is 0.338. The summed E-state index contributed by atoms with van der Waals surface area (Å²) >= 11 is 0. The number of allylic oxidation sites excluding steroid dienone is 1. The van der Waals surface area contributed by atoms with Gasteiger partial charge in [-0.25, -0.2) is 4.79 Å². The third kappa shape index (κ3) is 8.12. The zero-order chi connectivity index (χ0) is 27.3. The van der Waals surface area contributed by atoms with Crippen LogP contribution in [0, 0.1) is 17.8 Å². The lowest BCUT2D eigenvalue weighted by atomic mass is 9.83. The van der Waals surface area contributed by atoms with Crippen molar-refractivity contribution in [1.82, 2.24) is 0 Å². The van der Waals surface area contributed by atoms with Crippen LogP contribution in [0.3, 0.4) is 0 Å². The summed E-state index contributed by atoms with van der Waals surface area (Å²) in [5.41, 5.74) is -0.206. The van der Waals surface area contributed by atoms with Gasteiger partial charge in [-0.05, 0) is 58.3 Å². The highest BCUT2D eigenvalue weighted by atomic mass is 16.6. The van der Waals surface area contributed by atoms with Crippen LogP contribution in [0.4, 0.5) is 0 Å². The summed E-state index contributed by atoms with van der Waals surface area (Å²) in [6.45, 7) is 14.7. The van der Waals surface area contributed by atoms with E-state index >= 15 is 0 Å². The first-order chi connectivity index (χ1) is 16.6. The zero-order valence-electron chi connectivity index (χ0n) is 22.7. The van der Waals surface area contributed by atoms with E-state index < -0.39 is 41.8 Å². The summed E-state index contributed by atoms with van der Waals surface area (Å²) in [5, 5.41) is 43.1. The molecule has 1 fully saturated rings. The fraction of sp³-hybridized carbons (Fsp3) is 0.690. The lowest BCUT2D eigenvalue weighted by molar-refractivity contribution is -0.305. The third-order valence-corrected chi connectivity index (χ3v) is 7.75. The molecule has 0 saturated carbocycles. The van der Waals surface area contributed by atoms with Gasteiger partial charge in [-0.1, -0.05) is 62.8 Å². The van der Waals surface area contributed by atoms with Gasteiger partial charge in [0.25, 0.3) is 0 Å². The molecule has 36 heavy (non-hydrogen) atoms. The maximum absolute atomic E-state index is 12.8. The molecule has 2 aliphatic rings. The van der Waals surface area contributed by atoms with Crippen LogP contribution in [0.25, 0.3) is 0 Å². The minimum Gasteiger partial charge on any atom is -0.459 e. The number of aliphatic hydroxyl groups excluding tert-OH is 2. The first-order valence-corrected chi connectivity index (χ1v) is 13.0. The summed E-state index contributed by atoms with van der Waals surface area (Å²) in [6.07, 6.45) is 7.94. The molecule has 7 heteroatoms. The van der Waals surface area contributed by atoms with Crippen molar-refractivity contribution >= 4 is 5.97 Å². The van der Waals surface area contributed by atoms with Gasteiger partial charge in [-0.3, -0.25) is 0 Å². The van der Waals surface area contributed by atoms with Crippen molar-refractivity contribution in [3.63, 3.8) is 0 Å². The molecule has 9 atom stereocenters. The molecule has 2 heterocycles. The average Bonchev–Trinajstić information content (AvgIpc) is 2.76. The highest BCUT2D eigenvalue weighted by Gasteiger charge is 2.49. The summed E-state index contributed by atoms with van der Waals surface area (Å²) in [6, 6.07) is 0. The van der Waals surface area contributed by atoms with Crippen molar-refractivity contribution in [3.8, 4) is 0 Å². The standard InChI is InChI=1S/C29H46O7/c1-18-14-24-11-8-12-25(31)22(5)20(3)16-27(32)35-26(15-21(4)23(6)30)19(2)10-9-13-28(7,33)29(34,17-18)36-24/h8-9,12-13,16,19,21-26,30-31,33-34H,1,10-11,14-15,17H2,2-7H3/b12-8+,13-9+,20-16+/t19-,21-,22+,23+,24-,25+,26+,28+,29-/m1/s1. The predicted octanol–water partition coefficient (Wildman–Crippen LogP) is 3.97. The maximum atomic E-state index is 12.8. The predicted molar refractivity (Wildman–Crippen MR) is 140 cm³/mol. The molecule has 1 saturated heterocycles. The summed E-state index contributed by atoms with van der Waals surface area (Å²) in [7, 11) is 0. The van der Waals surface area contributed by atoms with E-state index in [2.05, 4.69) is 6.58 Å². The van der Waals surface area contributed by atoms with E-state index in [1.807, 2.05) is 20.8 Å². The number of rotatable bonds is 3. The van der Waals surface area contributed by atoms with Crippen molar-refractivity contribution in [3.05, 3.63) is 48.1 Å². The molecule has 0 aromatic rings. The summed E-state index contributed by atoms with van der Waals surface area (Å²) < 4.78 is 11.8. The minimum atomic E-state index is -1.84. The number of hydrogen-bond donors (Lipinski definition) is 4. The Morgan fingerprint density at radius 2 is 1.86 bits per heavy atom. The highest BCUT2D eigenvalue weighted by molar-refractivity contribution is 5.83. The molecule has 0 spiro atoms. The van der Waals surface area contributed by atoms with Crippen molar-refractivity contribution < 1.29 is 34.7 Å². The lowest BCUT2D eigenvalue weighted by Gasteiger charge is -2.45. The number of hydrogen-bond acceptors (Lipinski definition) is 7. The van der Waals surface area contributed by atoms with Crippen LogP contribution in [0.5, 0.6) is 0 Å². The second-order valence-corrected chi connectivity index (χ2v) is 11.2. The van der Waals surface area contributed by atoms with Gasteiger partial charge < -0.3 is 29.9 Å². The number of ether oxygens (including phenoxy) is 2. The van der Waals surface area contributed by atoms with E-state index in [1.54, 1.807) is 32.1 Å². The van der Waals surface area contributed by atoms with Gasteiger partial charge in [-0.2, -0.15) is 0 Å². The molecule has 2 aliphatic heterocycles. The number of cyclic esters (lactones) is 1. The van der Waals surface area contributed by atoms with Crippen LogP contribution < -0.4 is 0 Å². The number of carbonyl (C=O) groups excluding carboxylic acids is 1. The Morgan fingerprint density at radius 1 is 1.19 bits per heavy atom. The SMILES string of the molecule is C=C1C[C@H]2C/C=C/[C@H](O)[C@@H](C)/C(C)=C/C(=O)O[C@@H](C[C@@H](C)[C@H](C)O)[C@H](C)C/C=C/[C@](C)(O)[C@@](O)(C1)O2. The molecule has 0 amide bonds. The fourth-order valence-electron chi connectivity index (χ4n) is 4.58. The molecule has 0 aromatic carbocycles. The van der Waals surface area contributed by atoms with Crippen LogP contribution in [0.2, 0.25) is 0 Å². The molecule has 204 valence electrons. The molecule has 0 aromatic heterocycles. The van der Waals surface area contributed by atoms with Crippen molar-refractivity contribution in [2.75, 3.05) is 0 Å². The van der Waals surface area contributed by atoms with Gasteiger partial charge in [0.05, 0.1) is 18.3 Å². The topological polar surface area (TPSA) is 116 Å². The smallest absolute Gasteiger partial charge is 0.330 e. The van der Waals surface area contributed by atoms with Crippen LogP contribution in [0.15, 0.2) is 48.1 Å². The van der Waals surface area contributed by atoms with Gasteiger partial charge >= 0.3 is 5.97 Å². The van der Waals surface area contributed by atoms with E-state index in [4.69, 9.17) is 9.47 Å². The van der Waals surface area contributed by atoms with Crippen LogP contribution in [-0.2, 0) is 14.3 Å². The Balaban J connectivity index is 2.41. The summed E-state index contributed by atoms with van der Waals surface area (Å²) in [5.74, 6) is -2.86. The van der Waals surface area contributed by atoms with E-state index in [-0.39, 0.29) is 24.2 Å². The number of carbonyl (C=O) groups is 1. The Bertz CT molecular complexity index is 856. The number of aliphatic hydroxyl groups is 4. The monoisotopic (exact) mass is 506 g/mol. The number of fused-ring (bicyclic) bond motifs is 2. The van der Waals surface area contributed by atoms with Crippen LogP contribution >= 0.6 is 0 Å². The molecule has 4 N–H and O–H groups in total. The molecule has 2 bridgehead atoms. The second-order valence-electron chi connectivity index (χ2n) is 11.2. The summed E-state index contributed by atoms with van der Waals surface area (Å²) in [4.78, 5) is 12.8. The molecular weight excluding hydrogens is 460 g/mol. The normalized spacial score (nSPS) is 42.2. The largest absolute Gasteiger partial charge is 0.459 e. The Labute approximate surface area is 216 Å². The van der Waals surface area contributed by atoms with Crippen molar-refractivity contribution in [2.45, 2.75) is 109 Å². The fourth-order valence-corrected chi connectivity index (χ4v) is 4.58. The van der Waals surface area contributed by atoms with E-state index in [0.29, 0.717) is 31.3 Å². The Hall–Kier alpha value is -1.77. The van der Waals surface area contributed by atoms with Crippen molar-refractivity contribution in [2.24, 2.45) is 17.8 Å². The molecule has 0 unspecified atom stereocenters. The van der Waals surface area contributed by atoms with Gasteiger partial charge in [0.15, 0.2) is 0 Å². The first kappa shape index (κ1) is 30.5. The zero-order valence-corrected chi connectivity index (χ0v) is 22.7. The van der Waals surface area contributed by atoms with E-state index in [1.165, 1.54) is 19.1 Å². The second kappa shape index (κ2) is 12.7. The molecule has 2 rings (SSSR count). The molecular formula is C29H46O7.